The molecule has 6 heteroatoms. The fraction of sp³-hybridized carbons (Fsp3) is 0.682. The topological polar surface area (TPSA) is 56.7 Å². The molecule has 4 atom stereocenters. The van der Waals surface area contributed by atoms with Gasteiger partial charge in [-0.2, -0.15) is 0 Å². The number of aliphatic imine (C=N–C) groups is 1. The molecular weight excluding hydrogens is 368 g/mol. The Kier molecular flexibility index (Phi) is 9.99. The van der Waals surface area contributed by atoms with Gasteiger partial charge in [0.25, 0.3) is 0 Å². The minimum absolute atomic E-state index is 0.307. The van der Waals surface area contributed by atoms with Gasteiger partial charge in [0.05, 0.1) is 6.04 Å². The van der Waals surface area contributed by atoms with Gasteiger partial charge < -0.3 is 10.6 Å². The summed E-state index contributed by atoms with van der Waals surface area (Å²) in [6.45, 7) is 9.27. The second-order valence-electron chi connectivity index (χ2n) is 7.40. The van der Waals surface area contributed by atoms with Gasteiger partial charge in [-0.05, 0) is 37.9 Å². The average Bonchev–Trinajstić information content (AvgIpc) is 2.75. The van der Waals surface area contributed by atoms with Crippen LogP contribution in [0.4, 0.5) is 0 Å². The molecule has 1 fully saturated rings. The molecular formula is C22H38N4OS. The van der Waals surface area contributed by atoms with E-state index in [0.717, 1.165) is 57.0 Å². The lowest BCUT2D eigenvalue weighted by Crippen LogP contribution is -2.48. The van der Waals surface area contributed by atoms with Crippen molar-refractivity contribution in [2.24, 2.45) is 4.99 Å². The maximum absolute atomic E-state index is 12.2. The summed E-state index contributed by atoms with van der Waals surface area (Å²) in [5.74, 6) is 1.61. The summed E-state index contributed by atoms with van der Waals surface area (Å²) in [6.07, 6.45) is 4.31. The van der Waals surface area contributed by atoms with Crippen molar-refractivity contribution >= 4 is 16.8 Å². The monoisotopic (exact) mass is 406 g/mol. The highest BCUT2D eigenvalue weighted by Crippen LogP contribution is 2.23. The molecule has 0 aliphatic heterocycles. The van der Waals surface area contributed by atoms with Crippen LogP contribution in [0.25, 0.3) is 0 Å². The smallest absolute Gasteiger partial charge is 0.191 e. The number of benzene rings is 1. The molecule has 1 aromatic rings. The molecule has 2 N–H and O–H groups in total. The zero-order valence-electron chi connectivity index (χ0n) is 18.0. The van der Waals surface area contributed by atoms with Crippen molar-refractivity contribution in [1.82, 2.24) is 15.5 Å². The van der Waals surface area contributed by atoms with Gasteiger partial charge >= 0.3 is 0 Å². The summed E-state index contributed by atoms with van der Waals surface area (Å²) in [5, 5.41) is 7.45. The van der Waals surface area contributed by atoms with E-state index >= 15 is 0 Å². The highest BCUT2D eigenvalue weighted by molar-refractivity contribution is 7.85. The molecule has 0 bridgehead atoms. The SMILES string of the molecule is CCN(CC)C(CNC(=NC)NC1CCCC(S(=O)CC)C1)c1ccccc1. The molecule has 0 aromatic heterocycles. The minimum Gasteiger partial charge on any atom is -0.354 e. The maximum Gasteiger partial charge on any atom is 0.191 e. The number of nitrogens with one attached hydrogen (secondary N) is 2. The van der Waals surface area contributed by atoms with Gasteiger partial charge in [0, 0.05) is 41.4 Å². The standard InChI is InChI=1S/C22H38N4OS/c1-5-26(6-2)21(18-12-9-8-10-13-18)17-24-22(23-4)25-19-14-11-15-20(16-19)28(27)7-3/h8-10,12-13,19-21H,5-7,11,14-17H2,1-4H3,(H2,23,24,25). The van der Waals surface area contributed by atoms with Crippen LogP contribution in [0.1, 0.15) is 58.1 Å². The Morgan fingerprint density at radius 2 is 1.93 bits per heavy atom. The Bertz CT molecular complexity index is 618. The molecule has 1 aliphatic carbocycles. The number of likely N-dealkylation sites (N-methyl/N-ethyl adjacent to an activating group) is 1. The predicted molar refractivity (Wildman–Crippen MR) is 121 cm³/mol. The van der Waals surface area contributed by atoms with E-state index in [1.165, 1.54) is 5.56 Å². The summed E-state index contributed by atoms with van der Waals surface area (Å²) in [7, 11) is 1.13. The molecule has 1 aromatic carbocycles. The third-order valence-electron chi connectivity index (χ3n) is 5.75. The second-order valence-corrected chi connectivity index (χ2v) is 9.41. The molecule has 1 saturated carbocycles. The Labute approximate surface area is 173 Å². The second kappa shape index (κ2) is 12.2. The molecule has 0 spiro atoms. The van der Waals surface area contributed by atoms with E-state index in [2.05, 4.69) is 64.7 Å². The van der Waals surface area contributed by atoms with Crippen molar-refractivity contribution < 1.29 is 4.21 Å². The van der Waals surface area contributed by atoms with Gasteiger partial charge in [0.15, 0.2) is 5.96 Å². The van der Waals surface area contributed by atoms with Crippen molar-refractivity contribution in [1.29, 1.82) is 0 Å². The highest BCUT2D eigenvalue weighted by atomic mass is 32.2. The number of nitrogens with zero attached hydrogens (tertiary/aromatic N) is 2. The molecule has 0 amide bonds. The van der Waals surface area contributed by atoms with Gasteiger partial charge in [0.2, 0.25) is 0 Å². The van der Waals surface area contributed by atoms with E-state index in [1.807, 2.05) is 14.0 Å². The molecule has 5 nitrogen and oxygen atoms in total. The third-order valence-corrected chi connectivity index (χ3v) is 7.49. The van der Waals surface area contributed by atoms with Crippen LogP contribution < -0.4 is 10.6 Å². The van der Waals surface area contributed by atoms with Gasteiger partial charge in [-0.25, -0.2) is 0 Å². The first-order valence-corrected chi connectivity index (χ1v) is 12.1. The normalized spacial score (nSPS) is 22.7. The number of hydrogen-bond acceptors (Lipinski definition) is 3. The quantitative estimate of drug-likeness (QED) is 0.488. The van der Waals surface area contributed by atoms with E-state index in [1.54, 1.807) is 0 Å². The van der Waals surface area contributed by atoms with Gasteiger partial charge in [-0.1, -0.05) is 57.5 Å². The van der Waals surface area contributed by atoms with Crippen LogP contribution >= 0.6 is 0 Å². The molecule has 4 unspecified atom stereocenters. The first kappa shape index (κ1) is 22.9. The van der Waals surface area contributed by atoms with E-state index in [4.69, 9.17) is 0 Å². The molecule has 2 rings (SSSR count). The molecule has 0 saturated heterocycles. The van der Waals surface area contributed by atoms with Crippen molar-refractivity contribution in [3.63, 3.8) is 0 Å². The van der Waals surface area contributed by atoms with Gasteiger partial charge in [-0.15, -0.1) is 0 Å². The van der Waals surface area contributed by atoms with Crippen molar-refractivity contribution in [3.8, 4) is 0 Å². The Hall–Kier alpha value is -1.40. The number of rotatable bonds is 9. The number of hydrogen-bond donors (Lipinski definition) is 2. The first-order valence-electron chi connectivity index (χ1n) is 10.8. The Morgan fingerprint density at radius 1 is 1.21 bits per heavy atom. The summed E-state index contributed by atoms with van der Waals surface area (Å²) < 4.78 is 12.2. The molecule has 158 valence electrons. The third kappa shape index (κ3) is 6.59. The average molecular weight is 407 g/mol. The predicted octanol–water partition coefficient (Wildman–Crippen LogP) is 3.31. The van der Waals surface area contributed by atoms with Crippen LogP contribution in [0.15, 0.2) is 35.3 Å². The minimum atomic E-state index is -0.703. The fourth-order valence-electron chi connectivity index (χ4n) is 4.13. The number of guanidine groups is 1. The summed E-state index contributed by atoms with van der Waals surface area (Å²) >= 11 is 0. The Morgan fingerprint density at radius 3 is 2.54 bits per heavy atom. The molecule has 1 aliphatic rings. The molecule has 28 heavy (non-hydrogen) atoms. The lowest BCUT2D eigenvalue weighted by atomic mass is 9.95. The fourth-order valence-corrected chi connectivity index (χ4v) is 5.48. The van der Waals surface area contributed by atoms with Crippen LogP contribution in [-0.2, 0) is 10.8 Å². The first-order chi connectivity index (χ1) is 13.6. The highest BCUT2D eigenvalue weighted by Gasteiger charge is 2.26. The van der Waals surface area contributed by atoms with E-state index in [-0.39, 0.29) is 0 Å². The lowest BCUT2D eigenvalue weighted by molar-refractivity contribution is 0.218. The Balaban J connectivity index is 1.98. The van der Waals surface area contributed by atoms with Crippen LogP contribution in [0.5, 0.6) is 0 Å². The summed E-state index contributed by atoms with van der Waals surface area (Å²) in [5.41, 5.74) is 1.32. The zero-order chi connectivity index (χ0) is 20.4. The van der Waals surface area contributed by atoms with Crippen molar-refractivity contribution in [2.45, 2.75) is 63.8 Å². The van der Waals surface area contributed by atoms with Crippen LogP contribution in [0.2, 0.25) is 0 Å². The largest absolute Gasteiger partial charge is 0.354 e. The zero-order valence-corrected chi connectivity index (χ0v) is 18.8. The van der Waals surface area contributed by atoms with E-state index < -0.39 is 10.8 Å². The van der Waals surface area contributed by atoms with Crippen LogP contribution in [0, 0.1) is 0 Å². The summed E-state index contributed by atoms with van der Waals surface area (Å²) in [4.78, 5) is 6.92. The summed E-state index contributed by atoms with van der Waals surface area (Å²) in [6, 6.07) is 11.3. The van der Waals surface area contributed by atoms with Gasteiger partial charge in [-0.3, -0.25) is 14.1 Å². The van der Waals surface area contributed by atoms with Crippen molar-refractivity contribution in [3.05, 3.63) is 35.9 Å². The molecule has 0 heterocycles. The van der Waals surface area contributed by atoms with Crippen LogP contribution in [0.3, 0.4) is 0 Å². The van der Waals surface area contributed by atoms with Crippen molar-refractivity contribution in [2.75, 3.05) is 32.4 Å². The van der Waals surface area contributed by atoms with Gasteiger partial charge in [0.1, 0.15) is 0 Å². The maximum atomic E-state index is 12.2. The molecule has 0 radical (unpaired) electrons. The van der Waals surface area contributed by atoms with Crippen LogP contribution in [-0.4, -0.2) is 58.8 Å². The van der Waals surface area contributed by atoms with E-state index in [9.17, 15) is 4.21 Å². The lowest BCUT2D eigenvalue weighted by Gasteiger charge is -2.33. The van der Waals surface area contributed by atoms with E-state index in [0.29, 0.717) is 17.3 Å².